The van der Waals surface area contributed by atoms with Crippen LogP contribution in [0.4, 0.5) is 8.78 Å². The molecule has 1 atom stereocenters. The molecule has 0 amide bonds. The lowest BCUT2D eigenvalue weighted by Gasteiger charge is -2.28. The Hall–Kier alpha value is -1.36. The molecule has 0 spiro atoms. The summed E-state index contributed by atoms with van der Waals surface area (Å²) in [5.74, 6) is -1.28. The minimum Gasteiger partial charge on any atom is -0.492 e. The number of methoxy groups -OCH3 is 2. The molecule has 2 rings (SSSR count). The third-order valence-corrected chi connectivity index (χ3v) is 3.47. The molecule has 1 saturated heterocycles. The number of benzene rings is 1. The highest BCUT2D eigenvalue weighted by Crippen LogP contribution is 2.44. The number of hydrogen-bond acceptors (Lipinski definition) is 3. The van der Waals surface area contributed by atoms with Gasteiger partial charge < -0.3 is 14.8 Å². The smallest absolute Gasteiger partial charge is 0.197 e. The highest BCUT2D eigenvalue weighted by Gasteiger charge is 2.37. The molecule has 5 heteroatoms. The van der Waals surface area contributed by atoms with Crippen LogP contribution in [0.15, 0.2) is 6.07 Å². The summed E-state index contributed by atoms with van der Waals surface area (Å²) in [5.41, 5.74) is -0.211. The van der Waals surface area contributed by atoms with Gasteiger partial charge in [-0.1, -0.05) is 0 Å². The van der Waals surface area contributed by atoms with E-state index < -0.39 is 17.2 Å². The highest BCUT2D eigenvalue weighted by atomic mass is 19.1. The van der Waals surface area contributed by atoms with Gasteiger partial charge in [0.2, 0.25) is 0 Å². The van der Waals surface area contributed by atoms with Crippen molar-refractivity contribution in [3.05, 3.63) is 23.3 Å². The molecule has 1 aliphatic heterocycles. The van der Waals surface area contributed by atoms with Gasteiger partial charge in [0.15, 0.2) is 17.3 Å². The van der Waals surface area contributed by atoms with Gasteiger partial charge in [-0.2, -0.15) is 0 Å². The molecule has 1 unspecified atom stereocenters. The van der Waals surface area contributed by atoms with Crippen LogP contribution < -0.4 is 14.8 Å². The second-order valence-electron chi connectivity index (χ2n) is 4.64. The van der Waals surface area contributed by atoms with Crippen molar-refractivity contribution in [2.24, 2.45) is 0 Å². The fourth-order valence-corrected chi connectivity index (χ4v) is 2.59. The van der Waals surface area contributed by atoms with E-state index in [1.54, 1.807) is 0 Å². The Balaban J connectivity index is 2.65. The molecule has 3 nitrogen and oxygen atoms in total. The molecule has 1 N–H and O–H groups in total. The summed E-state index contributed by atoms with van der Waals surface area (Å²) in [6, 6.07) is 0.849. The van der Waals surface area contributed by atoms with Gasteiger partial charge in [0.05, 0.1) is 19.8 Å². The molecule has 1 aromatic carbocycles. The van der Waals surface area contributed by atoms with E-state index in [2.05, 4.69) is 5.32 Å². The Labute approximate surface area is 105 Å². The maximum Gasteiger partial charge on any atom is 0.197 e. The van der Waals surface area contributed by atoms with E-state index in [9.17, 15) is 8.78 Å². The minimum absolute atomic E-state index is 0.0520. The van der Waals surface area contributed by atoms with Crippen molar-refractivity contribution in [2.45, 2.75) is 25.3 Å². The molecule has 1 heterocycles. The molecule has 1 aromatic rings. The van der Waals surface area contributed by atoms with Crippen LogP contribution >= 0.6 is 0 Å². The topological polar surface area (TPSA) is 30.5 Å². The van der Waals surface area contributed by atoms with E-state index in [0.29, 0.717) is 5.56 Å². The van der Waals surface area contributed by atoms with Crippen LogP contribution in [0.25, 0.3) is 0 Å². The average Bonchev–Trinajstić information content (AvgIpc) is 2.75. The van der Waals surface area contributed by atoms with Crippen molar-refractivity contribution in [3.8, 4) is 11.5 Å². The number of rotatable bonds is 3. The highest BCUT2D eigenvalue weighted by molar-refractivity contribution is 5.51. The Morgan fingerprint density at radius 2 is 1.83 bits per heavy atom. The van der Waals surface area contributed by atoms with E-state index in [4.69, 9.17) is 9.47 Å². The predicted octanol–water partition coefficient (Wildman–Crippen LogP) is 2.58. The maximum absolute atomic E-state index is 14.1. The quantitative estimate of drug-likeness (QED) is 0.902. The zero-order valence-electron chi connectivity index (χ0n) is 10.8. The first-order valence-corrected chi connectivity index (χ1v) is 5.89. The largest absolute Gasteiger partial charge is 0.492 e. The van der Waals surface area contributed by atoms with E-state index in [0.717, 1.165) is 25.5 Å². The molecule has 0 bridgehead atoms. The summed E-state index contributed by atoms with van der Waals surface area (Å²) in [5, 5.41) is 3.24. The number of nitrogens with one attached hydrogen (secondary N) is 1. The third kappa shape index (κ3) is 1.92. The summed E-state index contributed by atoms with van der Waals surface area (Å²) in [7, 11) is 2.73. The van der Waals surface area contributed by atoms with Gasteiger partial charge in [-0.3, -0.25) is 0 Å². The Morgan fingerprint density at radius 1 is 1.17 bits per heavy atom. The monoisotopic (exact) mass is 257 g/mol. The lowest BCUT2D eigenvalue weighted by molar-refractivity contribution is 0.311. The molecule has 100 valence electrons. The second-order valence-corrected chi connectivity index (χ2v) is 4.64. The number of ether oxygens (including phenoxy) is 2. The van der Waals surface area contributed by atoms with Crippen molar-refractivity contribution in [2.75, 3.05) is 20.8 Å². The second kappa shape index (κ2) is 4.72. The molecule has 0 saturated carbocycles. The fraction of sp³-hybridized carbons (Fsp3) is 0.538. The molecular weight excluding hydrogens is 240 g/mol. The van der Waals surface area contributed by atoms with Gasteiger partial charge in [-0.25, -0.2) is 8.78 Å². The lowest BCUT2D eigenvalue weighted by Crippen LogP contribution is -2.34. The predicted molar refractivity (Wildman–Crippen MR) is 64.1 cm³/mol. The van der Waals surface area contributed by atoms with Gasteiger partial charge in [-0.05, 0) is 26.3 Å². The summed E-state index contributed by atoms with van der Waals surface area (Å²) < 4.78 is 37.9. The standard InChI is InChI=1S/C13H17F2NO2/c1-13(5-4-6-16-13)10-8(14)7-9(15)11(17-2)12(10)18-3/h7,16H,4-6H2,1-3H3. The normalized spacial score (nSPS) is 23.2. The van der Waals surface area contributed by atoms with Crippen molar-refractivity contribution in [3.63, 3.8) is 0 Å². The minimum atomic E-state index is -0.753. The van der Waals surface area contributed by atoms with Gasteiger partial charge in [0, 0.05) is 11.6 Å². The summed E-state index contributed by atoms with van der Waals surface area (Å²) in [4.78, 5) is 0. The van der Waals surface area contributed by atoms with Crippen LogP contribution in [-0.2, 0) is 5.54 Å². The Kier molecular flexibility index (Phi) is 3.43. The number of hydrogen-bond donors (Lipinski definition) is 1. The van der Waals surface area contributed by atoms with Crippen molar-refractivity contribution >= 4 is 0 Å². The van der Waals surface area contributed by atoms with E-state index in [1.165, 1.54) is 14.2 Å². The molecule has 0 aliphatic carbocycles. The van der Waals surface area contributed by atoms with Gasteiger partial charge in [0.1, 0.15) is 5.82 Å². The molecule has 1 fully saturated rings. The molecular formula is C13H17F2NO2. The van der Waals surface area contributed by atoms with Crippen molar-refractivity contribution in [1.29, 1.82) is 0 Å². The summed E-state index contributed by atoms with van der Waals surface area (Å²) in [6.45, 7) is 2.69. The van der Waals surface area contributed by atoms with Gasteiger partial charge >= 0.3 is 0 Å². The summed E-state index contributed by atoms with van der Waals surface area (Å²) >= 11 is 0. The Morgan fingerprint density at radius 3 is 2.33 bits per heavy atom. The van der Waals surface area contributed by atoms with Crippen molar-refractivity contribution in [1.82, 2.24) is 5.32 Å². The molecule has 0 aromatic heterocycles. The summed E-state index contributed by atoms with van der Waals surface area (Å²) in [6.07, 6.45) is 1.72. The average molecular weight is 257 g/mol. The van der Waals surface area contributed by atoms with Gasteiger partial charge in [0.25, 0.3) is 0 Å². The third-order valence-electron chi connectivity index (χ3n) is 3.47. The van der Waals surface area contributed by atoms with Crippen LogP contribution in [-0.4, -0.2) is 20.8 Å². The SMILES string of the molecule is COc1c(F)cc(F)c(C2(C)CCCN2)c1OC. The zero-order chi connectivity index (χ0) is 13.3. The fourth-order valence-electron chi connectivity index (χ4n) is 2.59. The molecule has 18 heavy (non-hydrogen) atoms. The van der Waals surface area contributed by atoms with Crippen LogP contribution in [0.5, 0.6) is 11.5 Å². The number of halogens is 2. The maximum atomic E-state index is 14.1. The van der Waals surface area contributed by atoms with Crippen LogP contribution in [0, 0.1) is 11.6 Å². The molecule has 1 aliphatic rings. The first-order valence-electron chi connectivity index (χ1n) is 5.89. The van der Waals surface area contributed by atoms with Crippen LogP contribution in [0.3, 0.4) is 0 Å². The van der Waals surface area contributed by atoms with Crippen molar-refractivity contribution < 1.29 is 18.3 Å². The van der Waals surface area contributed by atoms with Gasteiger partial charge in [-0.15, -0.1) is 0 Å². The lowest BCUT2D eigenvalue weighted by atomic mass is 9.89. The Bertz CT molecular complexity index is 457. The first-order chi connectivity index (χ1) is 8.53. The van der Waals surface area contributed by atoms with E-state index in [-0.39, 0.29) is 11.5 Å². The zero-order valence-corrected chi connectivity index (χ0v) is 10.8. The molecule has 0 radical (unpaired) electrons. The first kappa shape index (κ1) is 13.1. The van der Waals surface area contributed by atoms with E-state index >= 15 is 0 Å². The van der Waals surface area contributed by atoms with Crippen LogP contribution in [0.1, 0.15) is 25.3 Å². The van der Waals surface area contributed by atoms with E-state index in [1.807, 2.05) is 6.92 Å². The van der Waals surface area contributed by atoms with Crippen LogP contribution in [0.2, 0.25) is 0 Å².